The highest BCUT2D eigenvalue weighted by molar-refractivity contribution is 7.99. The molecule has 2 aromatic rings. The Morgan fingerprint density at radius 2 is 2.14 bits per heavy atom. The molecule has 0 spiro atoms. The Labute approximate surface area is 132 Å². The van der Waals surface area contributed by atoms with Crippen LogP contribution in [0.2, 0.25) is 0 Å². The number of nitrogens with zero attached hydrogens (tertiary/aromatic N) is 2. The molecule has 120 valence electrons. The predicted octanol–water partition coefficient (Wildman–Crippen LogP) is 1.58. The summed E-state index contributed by atoms with van der Waals surface area (Å²) in [5.74, 6) is 0. The highest BCUT2D eigenvalue weighted by atomic mass is 32.2. The number of thioether (sulfide) groups is 1. The van der Waals surface area contributed by atoms with Crippen LogP contribution in [0.4, 0.5) is 0 Å². The number of rotatable bonds is 4. The van der Waals surface area contributed by atoms with Crippen molar-refractivity contribution >= 4 is 32.9 Å². The number of ether oxygens (including phenoxy) is 1. The largest absolute Gasteiger partial charge is 0.379 e. The maximum atomic E-state index is 11.2. The molecule has 1 fully saturated rings. The van der Waals surface area contributed by atoms with Gasteiger partial charge in [-0.15, -0.1) is 0 Å². The quantitative estimate of drug-likeness (QED) is 0.643. The lowest BCUT2D eigenvalue weighted by Crippen LogP contribution is -2.40. The first-order valence-corrected chi connectivity index (χ1v) is 9.21. The molecule has 1 aliphatic heterocycles. The van der Waals surface area contributed by atoms with E-state index in [-0.39, 0.29) is 10.3 Å². The molecule has 0 amide bonds. The lowest BCUT2D eigenvalue weighted by molar-refractivity contribution is 0.0351. The van der Waals surface area contributed by atoms with E-state index < -0.39 is 10.1 Å². The van der Waals surface area contributed by atoms with Crippen molar-refractivity contribution in [3.63, 3.8) is 0 Å². The summed E-state index contributed by atoms with van der Waals surface area (Å²) in [5, 5.41) is 0.965. The van der Waals surface area contributed by atoms with Gasteiger partial charge in [0.2, 0.25) is 0 Å². The van der Waals surface area contributed by atoms with Crippen molar-refractivity contribution in [3.05, 3.63) is 18.2 Å². The normalized spacial score (nSPS) is 18.6. The van der Waals surface area contributed by atoms with Crippen LogP contribution < -0.4 is 0 Å². The zero-order chi connectivity index (χ0) is 15.7. The first-order chi connectivity index (χ1) is 10.4. The highest BCUT2D eigenvalue weighted by Crippen LogP contribution is 2.27. The molecule has 1 saturated heterocycles. The van der Waals surface area contributed by atoms with E-state index in [9.17, 15) is 8.42 Å². The second-order valence-electron chi connectivity index (χ2n) is 5.06. The smallest absolute Gasteiger partial charge is 0.294 e. The zero-order valence-electron chi connectivity index (χ0n) is 12.0. The summed E-state index contributed by atoms with van der Waals surface area (Å²) < 4.78 is 36.7. The molecule has 0 saturated carbocycles. The Morgan fingerprint density at radius 3 is 2.82 bits per heavy atom. The Kier molecular flexibility index (Phi) is 4.42. The molecule has 0 radical (unpaired) electrons. The minimum absolute atomic E-state index is 0.149. The third kappa shape index (κ3) is 3.44. The van der Waals surface area contributed by atoms with Crippen LogP contribution in [-0.2, 0) is 14.9 Å². The summed E-state index contributed by atoms with van der Waals surface area (Å²) in [4.78, 5) is 9.72. The molecule has 7 nitrogen and oxygen atoms in total. The topological polar surface area (TPSA) is 95.5 Å². The maximum Gasteiger partial charge on any atom is 0.294 e. The maximum absolute atomic E-state index is 11.2. The lowest BCUT2D eigenvalue weighted by atomic mass is 10.3. The highest BCUT2D eigenvalue weighted by Gasteiger charge is 2.19. The van der Waals surface area contributed by atoms with Gasteiger partial charge in [0.15, 0.2) is 5.16 Å². The number of morpholine rings is 1. The monoisotopic (exact) mass is 343 g/mol. The fraction of sp³-hybridized carbons (Fsp3) is 0.462. The van der Waals surface area contributed by atoms with E-state index in [0.717, 1.165) is 37.0 Å². The van der Waals surface area contributed by atoms with E-state index in [4.69, 9.17) is 9.29 Å². The third-order valence-corrected chi connectivity index (χ3v) is 5.48. The van der Waals surface area contributed by atoms with Gasteiger partial charge in [-0.2, -0.15) is 8.42 Å². The fourth-order valence-electron chi connectivity index (χ4n) is 2.36. The van der Waals surface area contributed by atoms with Crippen molar-refractivity contribution in [3.8, 4) is 0 Å². The average Bonchev–Trinajstić information content (AvgIpc) is 2.88. The first-order valence-electron chi connectivity index (χ1n) is 6.89. The molecule has 22 heavy (non-hydrogen) atoms. The van der Waals surface area contributed by atoms with Gasteiger partial charge in [0.25, 0.3) is 10.1 Å². The molecule has 1 aromatic heterocycles. The number of imidazole rings is 1. The van der Waals surface area contributed by atoms with Gasteiger partial charge in [-0.05, 0) is 25.1 Å². The number of hydrogen-bond donors (Lipinski definition) is 2. The van der Waals surface area contributed by atoms with E-state index in [0.29, 0.717) is 5.52 Å². The van der Waals surface area contributed by atoms with Gasteiger partial charge in [0, 0.05) is 13.1 Å². The van der Waals surface area contributed by atoms with E-state index in [1.807, 2.05) is 0 Å². The van der Waals surface area contributed by atoms with Gasteiger partial charge < -0.3 is 9.72 Å². The summed E-state index contributed by atoms with van der Waals surface area (Å²) in [5.41, 5.74) is 1.26. The summed E-state index contributed by atoms with van der Waals surface area (Å²) in [7, 11) is -4.21. The molecule has 0 bridgehead atoms. The molecule has 9 heteroatoms. The number of H-pyrrole nitrogens is 1. The van der Waals surface area contributed by atoms with Gasteiger partial charge in [0.05, 0.1) is 34.5 Å². The first kappa shape index (κ1) is 15.8. The van der Waals surface area contributed by atoms with Crippen LogP contribution in [0.25, 0.3) is 11.0 Å². The molecule has 2 heterocycles. The number of nitrogens with one attached hydrogen (secondary N) is 1. The number of fused-ring (bicyclic) bond motifs is 1. The number of benzene rings is 1. The van der Waals surface area contributed by atoms with Crippen molar-refractivity contribution in [2.24, 2.45) is 0 Å². The Morgan fingerprint density at radius 1 is 1.41 bits per heavy atom. The standard InChI is InChI=1S/C13H17N3O4S2/c1-9(16-4-6-20-7-5-16)21-13-14-11-3-2-10(22(17,18)19)8-12(11)15-13/h2-3,8-9H,4-7H2,1H3,(H,14,15)(H,17,18,19). The molecule has 1 aromatic carbocycles. The SMILES string of the molecule is CC(Sc1nc2cc(S(=O)(=O)O)ccc2[nH]1)N1CCOCC1. The molecule has 2 N–H and O–H groups in total. The van der Waals surface area contributed by atoms with Gasteiger partial charge >= 0.3 is 0 Å². The van der Waals surface area contributed by atoms with Crippen LogP contribution in [0.3, 0.4) is 0 Å². The molecule has 1 aliphatic rings. The lowest BCUT2D eigenvalue weighted by Gasteiger charge is -2.31. The Hall–Kier alpha value is -1.13. The second-order valence-corrected chi connectivity index (χ2v) is 7.79. The summed E-state index contributed by atoms with van der Waals surface area (Å²) in [6.45, 7) is 5.36. The number of aromatic nitrogens is 2. The van der Waals surface area contributed by atoms with E-state index in [1.54, 1.807) is 17.8 Å². The van der Waals surface area contributed by atoms with Crippen molar-refractivity contribution < 1.29 is 17.7 Å². The number of hydrogen-bond acceptors (Lipinski definition) is 6. The third-order valence-electron chi connectivity index (χ3n) is 3.57. The van der Waals surface area contributed by atoms with Crippen molar-refractivity contribution in [2.45, 2.75) is 22.3 Å². The van der Waals surface area contributed by atoms with Crippen LogP contribution in [0, 0.1) is 0 Å². The molecule has 1 atom stereocenters. The van der Waals surface area contributed by atoms with Crippen molar-refractivity contribution in [1.29, 1.82) is 0 Å². The van der Waals surface area contributed by atoms with Gasteiger partial charge in [-0.25, -0.2) is 4.98 Å². The molecule has 1 unspecified atom stereocenters. The Balaban J connectivity index is 1.79. The molecule has 3 rings (SSSR count). The van der Waals surface area contributed by atoms with Crippen LogP contribution in [0.1, 0.15) is 6.92 Å². The average molecular weight is 343 g/mol. The van der Waals surface area contributed by atoms with Gasteiger partial charge in [-0.3, -0.25) is 9.45 Å². The molecule has 0 aliphatic carbocycles. The Bertz CT molecular complexity index is 769. The van der Waals surface area contributed by atoms with Gasteiger partial charge in [0.1, 0.15) is 0 Å². The van der Waals surface area contributed by atoms with E-state index >= 15 is 0 Å². The number of aromatic amines is 1. The zero-order valence-corrected chi connectivity index (χ0v) is 13.7. The summed E-state index contributed by atoms with van der Waals surface area (Å²) in [6, 6.07) is 4.33. The van der Waals surface area contributed by atoms with Crippen LogP contribution in [0.5, 0.6) is 0 Å². The summed E-state index contributed by atoms with van der Waals surface area (Å²) >= 11 is 1.58. The fourth-order valence-corrected chi connectivity index (χ4v) is 3.86. The van der Waals surface area contributed by atoms with E-state index in [2.05, 4.69) is 21.8 Å². The minimum Gasteiger partial charge on any atom is -0.379 e. The predicted molar refractivity (Wildman–Crippen MR) is 83.6 cm³/mol. The molecular weight excluding hydrogens is 326 g/mol. The van der Waals surface area contributed by atoms with Crippen LogP contribution in [0.15, 0.2) is 28.3 Å². The van der Waals surface area contributed by atoms with Crippen molar-refractivity contribution in [1.82, 2.24) is 14.9 Å². The minimum atomic E-state index is -4.21. The van der Waals surface area contributed by atoms with Crippen LogP contribution in [-0.4, -0.2) is 59.5 Å². The van der Waals surface area contributed by atoms with Gasteiger partial charge in [-0.1, -0.05) is 11.8 Å². The summed E-state index contributed by atoms with van der Waals surface area (Å²) in [6.07, 6.45) is 0. The van der Waals surface area contributed by atoms with Crippen LogP contribution >= 0.6 is 11.8 Å². The second kappa shape index (κ2) is 6.17. The van der Waals surface area contributed by atoms with E-state index in [1.165, 1.54) is 12.1 Å². The molecular formula is C13H17N3O4S2. The van der Waals surface area contributed by atoms with Crippen molar-refractivity contribution in [2.75, 3.05) is 26.3 Å².